The zero-order chi connectivity index (χ0) is 30.1. The molecular weight excluding hydrogens is 593 g/mol. The van der Waals surface area contributed by atoms with Gasteiger partial charge in [0.25, 0.3) is 16.1 Å². The molecule has 0 radical (unpaired) electrons. The van der Waals surface area contributed by atoms with Crippen LogP contribution in [0.15, 0.2) is 66.3 Å². The van der Waals surface area contributed by atoms with Crippen molar-refractivity contribution >= 4 is 38.3 Å². The lowest BCUT2D eigenvalue weighted by Gasteiger charge is -2.39. The molecule has 6 rings (SSSR count). The molecule has 0 unspecified atom stereocenters. The zero-order valence-electron chi connectivity index (χ0n) is 23.8. The number of ether oxygens (including phenoxy) is 1. The van der Waals surface area contributed by atoms with Gasteiger partial charge in [0.05, 0.1) is 24.8 Å². The molecule has 0 bridgehead atoms. The second-order valence-electron chi connectivity index (χ2n) is 10.7. The Balaban J connectivity index is 1.06. The molecule has 2 aliphatic rings. The van der Waals surface area contributed by atoms with Gasteiger partial charge < -0.3 is 14.2 Å². The van der Waals surface area contributed by atoms with Gasteiger partial charge in [-0.1, -0.05) is 0 Å². The number of amides is 1. The van der Waals surface area contributed by atoms with Gasteiger partial charge >= 0.3 is 0 Å². The lowest BCUT2D eigenvalue weighted by molar-refractivity contribution is 0.0727. The maximum absolute atomic E-state index is 13.5. The Bertz CT molecular complexity index is 1700. The summed E-state index contributed by atoms with van der Waals surface area (Å²) in [7, 11) is -0.370. The van der Waals surface area contributed by atoms with Crippen LogP contribution in [0.3, 0.4) is 0 Å². The van der Waals surface area contributed by atoms with Crippen molar-refractivity contribution in [2.75, 3.05) is 43.9 Å². The van der Waals surface area contributed by atoms with Gasteiger partial charge in [0.2, 0.25) is 5.95 Å². The summed E-state index contributed by atoms with van der Waals surface area (Å²) in [6.07, 6.45) is 4.97. The van der Waals surface area contributed by atoms with Gasteiger partial charge in [-0.3, -0.25) is 10.1 Å². The van der Waals surface area contributed by atoms with Gasteiger partial charge in [-0.15, -0.1) is 11.3 Å². The van der Waals surface area contributed by atoms with Crippen molar-refractivity contribution in [1.29, 1.82) is 0 Å². The monoisotopic (exact) mass is 625 g/mol. The number of carbonyl (C=O) groups excluding carboxylic acids is 1. The van der Waals surface area contributed by atoms with Crippen LogP contribution < -0.4 is 15.0 Å². The van der Waals surface area contributed by atoms with E-state index in [0.29, 0.717) is 41.8 Å². The average molecular weight is 626 g/mol. The predicted octanol–water partition coefficient (Wildman–Crippen LogP) is 3.99. The maximum Gasteiger partial charge on any atom is 0.281 e. The fraction of sp³-hybridized carbons (Fsp3) is 0.345. The normalized spacial score (nSPS) is 17.8. The molecule has 0 spiro atoms. The summed E-state index contributed by atoms with van der Waals surface area (Å²) >= 11 is 1.39. The number of nitrogens with one attached hydrogen (secondary N) is 1. The topological polar surface area (TPSA) is 113 Å². The second-order valence-corrected chi connectivity index (χ2v) is 13.7. The van der Waals surface area contributed by atoms with Crippen molar-refractivity contribution in [3.63, 3.8) is 0 Å². The van der Waals surface area contributed by atoms with Gasteiger partial charge in [0, 0.05) is 50.6 Å². The molecule has 5 heterocycles. The molecule has 2 saturated heterocycles. The van der Waals surface area contributed by atoms with Crippen LogP contribution in [-0.4, -0.2) is 77.3 Å². The van der Waals surface area contributed by atoms with E-state index in [9.17, 15) is 17.6 Å². The Morgan fingerprint density at radius 3 is 2.72 bits per heavy atom. The molecule has 3 aromatic heterocycles. The number of halogens is 1. The SMILES string of the molecule is CN(C)S(=O)(=O)N1CC(Oc2ccc(N3CCC[C@@H]3c3csc(NC(=O)c4cccn4Cc4ccnc(F)c4)n3)cc2)C1. The molecule has 1 amide bonds. The summed E-state index contributed by atoms with van der Waals surface area (Å²) in [6.45, 7) is 1.88. The van der Waals surface area contributed by atoms with E-state index < -0.39 is 16.2 Å². The maximum atomic E-state index is 13.5. The second kappa shape index (κ2) is 12.0. The number of carbonyl (C=O) groups is 1. The third-order valence-corrected chi connectivity index (χ3v) is 10.3. The largest absolute Gasteiger partial charge is 0.488 e. The number of benzene rings is 1. The Labute approximate surface area is 253 Å². The Morgan fingerprint density at radius 1 is 1.19 bits per heavy atom. The van der Waals surface area contributed by atoms with E-state index in [1.807, 2.05) is 29.6 Å². The highest BCUT2D eigenvalue weighted by atomic mass is 32.2. The Hall–Kier alpha value is -3.85. The highest BCUT2D eigenvalue weighted by Crippen LogP contribution is 2.38. The smallest absolute Gasteiger partial charge is 0.281 e. The Morgan fingerprint density at radius 2 is 1.98 bits per heavy atom. The van der Waals surface area contributed by atoms with E-state index in [4.69, 9.17) is 9.72 Å². The molecule has 2 aliphatic heterocycles. The zero-order valence-corrected chi connectivity index (χ0v) is 25.4. The Kier molecular flexibility index (Phi) is 8.18. The highest BCUT2D eigenvalue weighted by molar-refractivity contribution is 7.86. The summed E-state index contributed by atoms with van der Waals surface area (Å²) in [5, 5.41) is 5.42. The third-order valence-electron chi connectivity index (χ3n) is 7.62. The van der Waals surface area contributed by atoms with Crippen LogP contribution in [0.25, 0.3) is 0 Å². The van der Waals surface area contributed by atoms with Gasteiger partial charge in [0.1, 0.15) is 17.5 Å². The molecule has 4 aromatic rings. The fourth-order valence-electron chi connectivity index (χ4n) is 5.34. The number of rotatable bonds is 10. The van der Waals surface area contributed by atoms with E-state index in [1.54, 1.807) is 29.0 Å². The van der Waals surface area contributed by atoms with Crippen molar-refractivity contribution in [3.8, 4) is 5.75 Å². The van der Waals surface area contributed by atoms with Crippen molar-refractivity contribution in [1.82, 2.24) is 23.1 Å². The number of pyridine rings is 1. The standard InChI is InChI=1S/C29H32FN7O4S2/c1-34(2)43(39,40)36-17-23(18-36)41-22-9-7-21(8-10-22)37-14-4-5-25(37)24-19-42-29(32-24)33-28(38)26-6-3-13-35(26)16-20-11-12-31-27(30)15-20/h3,6-13,15,19,23,25H,4-5,14,16-18H2,1-2H3,(H,32,33,38)/t25-/m1/s1. The van der Waals surface area contributed by atoms with Gasteiger partial charge in [-0.2, -0.15) is 21.4 Å². The summed E-state index contributed by atoms with van der Waals surface area (Å²) in [5.41, 5.74) is 3.11. The number of hydrogen-bond donors (Lipinski definition) is 1. The first-order valence-corrected chi connectivity index (χ1v) is 16.2. The van der Waals surface area contributed by atoms with E-state index in [2.05, 4.69) is 15.2 Å². The molecule has 11 nitrogen and oxygen atoms in total. The molecule has 226 valence electrons. The first-order chi connectivity index (χ1) is 20.7. The van der Waals surface area contributed by atoms with Gasteiger partial charge in [0.15, 0.2) is 5.13 Å². The fourth-order valence-corrected chi connectivity index (χ4v) is 7.26. The van der Waals surface area contributed by atoms with Crippen LogP contribution in [0, 0.1) is 5.95 Å². The van der Waals surface area contributed by atoms with Crippen LogP contribution in [0.1, 0.15) is 40.6 Å². The molecule has 1 aromatic carbocycles. The van der Waals surface area contributed by atoms with E-state index in [0.717, 1.165) is 30.8 Å². The minimum atomic E-state index is -3.41. The number of nitrogens with zero attached hydrogens (tertiary/aromatic N) is 6. The van der Waals surface area contributed by atoms with Gasteiger partial charge in [-0.05, 0) is 66.9 Å². The molecule has 14 heteroatoms. The number of anilines is 2. The summed E-state index contributed by atoms with van der Waals surface area (Å²) < 4.78 is 48.3. The van der Waals surface area contributed by atoms with Crippen molar-refractivity contribution in [2.24, 2.45) is 0 Å². The molecule has 1 atom stereocenters. The minimum Gasteiger partial charge on any atom is -0.488 e. The first kappa shape index (κ1) is 29.2. The van der Waals surface area contributed by atoms with Crippen molar-refractivity contribution < 1.29 is 22.3 Å². The van der Waals surface area contributed by atoms with Crippen LogP contribution >= 0.6 is 11.3 Å². The molecular formula is C29H32FN7O4S2. The van der Waals surface area contributed by atoms with Crippen LogP contribution in [0.4, 0.5) is 15.2 Å². The number of hydrogen-bond acceptors (Lipinski definition) is 8. The van der Waals surface area contributed by atoms with E-state index in [-0.39, 0.29) is 18.1 Å². The van der Waals surface area contributed by atoms with Gasteiger partial charge in [-0.25, -0.2) is 9.97 Å². The number of aromatic nitrogens is 3. The lowest BCUT2D eigenvalue weighted by Crippen LogP contribution is -2.58. The van der Waals surface area contributed by atoms with Crippen LogP contribution in [0.5, 0.6) is 5.75 Å². The minimum absolute atomic E-state index is 0.0792. The summed E-state index contributed by atoms with van der Waals surface area (Å²) in [4.78, 5) is 23.7. The summed E-state index contributed by atoms with van der Waals surface area (Å²) in [6, 6.07) is 14.5. The number of thiazole rings is 1. The van der Waals surface area contributed by atoms with Crippen molar-refractivity contribution in [3.05, 3.63) is 89.2 Å². The van der Waals surface area contributed by atoms with E-state index >= 15 is 0 Å². The average Bonchev–Trinajstić information content (AvgIpc) is 3.72. The molecule has 1 N–H and O–H groups in total. The van der Waals surface area contributed by atoms with Crippen LogP contribution in [0.2, 0.25) is 0 Å². The third kappa shape index (κ3) is 6.27. The predicted molar refractivity (Wildman–Crippen MR) is 162 cm³/mol. The highest BCUT2D eigenvalue weighted by Gasteiger charge is 2.38. The quantitative estimate of drug-likeness (QED) is 0.265. The first-order valence-electron chi connectivity index (χ1n) is 13.9. The molecule has 0 aliphatic carbocycles. The molecule has 2 fully saturated rings. The van der Waals surface area contributed by atoms with E-state index in [1.165, 1.54) is 46.3 Å². The molecule has 0 saturated carbocycles. The lowest BCUT2D eigenvalue weighted by atomic mass is 10.1. The summed E-state index contributed by atoms with van der Waals surface area (Å²) in [5.74, 6) is -0.145. The van der Waals surface area contributed by atoms with Crippen molar-refractivity contribution in [2.45, 2.75) is 31.5 Å². The molecule has 43 heavy (non-hydrogen) atoms. The van der Waals surface area contributed by atoms with Crippen LogP contribution in [-0.2, 0) is 16.8 Å².